The van der Waals surface area contributed by atoms with Crippen LogP contribution >= 0.6 is 11.6 Å². The Kier molecular flexibility index (Phi) is 6.64. The highest BCUT2D eigenvalue weighted by atomic mass is 35.5. The molecule has 4 heterocycles. The number of likely N-dealkylation sites (tertiary alicyclic amines) is 1. The van der Waals surface area contributed by atoms with Crippen molar-refractivity contribution in [2.45, 2.75) is 19.3 Å². The Morgan fingerprint density at radius 3 is 2.58 bits per heavy atom. The van der Waals surface area contributed by atoms with Crippen molar-refractivity contribution in [2.75, 3.05) is 38.5 Å². The average Bonchev–Trinajstić information content (AvgIpc) is 3.25. The Bertz CT molecular complexity index is 1410. The second kappa shape index (κ2) is 10.2. The van der Waals surface area contributed by atoms with Crippen LogP contribution in [0.3, 0.4) is 0 Å². The number of aromatic nitrogens is 2. The van der Waals surface area contributed by atoms with E-state index < -0.39 is 0 Å². The van der Waals surface area contributed by atoms with Crippen molar-refractivity contribution < 1.29 is 4.79 Å². The van der Waals surface area contributed by atoms with E-state index in [1.807, 2.05) is 54.6 Å². The number of carbonyl (C=O) groups excluding carboxylic acids is 1. The molecule has 2 fully saturated rings. The molecular weight excluding hydrogens is 496 g/mol. The molecule has 1 aromatic heterocycles. The zero-order valence-electron chi connectivity index (χ0n) is 21.5. The van der Waals surface area contributed by atoms with Crippen molar-refractivity contribution >= 4 is 23.5 Å². The van der Waals surface area contributed by atoms with Crippen LogP contribution < -0.4 is 10.6 Å². The highest BCUT2D eigenvalue weighted by molar-refractivity contribution is 6.32. The number of benzene rings is 2. The molecule has 2 N–H and O–H groups in total. The molecule has 0 aliphatic carbocycles. The second-order valence-electron chi connectivity index (χ2n) is 10.3. The zero-order chi connectivity index (χ0) is 26.1. The predicted molar refractivity (Wildman–Crippen MR) is 151 cm³/mol. The number of piperidine rings is 1. The minimum absolute atomic E-state index is 0.216. The minimum atomic E-state index is -0.216. The number of nitrogens with zero attached hydrogens (tertiary/aromatic N) is 4. The van der Waals surface area contributed by atoms with Crippen LogP contribution in [-0.4, -0.2) is 58.9 Å². The maximum Gasteiger partial charge on any atom is 0.233 e. The molecule has 194 valence electrons. The van der Waals surface area contributed by atoms with E-state index in [4.69, 9.17) is 16.6 Å². The van der Waals surface area contributed by atoms with Gasteiger partial charge in [0, 0.05) is 31.1 Å². The van der Waals surface area contributed by atoms with Gasteiger partial charge in [-0.15, -0.1) is 0 Å². The van der Waals surface area contributed by atoms with Gasteiger partial charge in [0.15, 0.2) is 0 Å². The molecule has 0 bridgehead atoms. The molecule has 1 spiro atoms. The fraction of sp³-hybridized carbons (Fsp3) is 0.300. The van der Waals surface area contributed by atoms with Gasteiger partial charge in [-0.25, -0.2) is 9.97 Å². The number of amides is 1. The first-order valence-electron chi connectivity index (χ1n) is 13.1. The fourth-order valence-electron chi connectivity index (χ4n) is 5.71. The SMILES string of the molecule is CN1C=C(N2CCC3(CCNCC3)C2=O)C=C(Nc2ncc(Cl)c(-c3cccc(-c4ccccc4)c3)n2)C1. The molecule has 0 saturated carbocycles. The summed E-state index contributed by atoms with van der Waals surface area (Å²) >= 11 is 6.56. The van der Waals surface area contributed by atoms with Crippen molar-refractivity contribution in [3.05, 3.63) is 89.5 Å². The lowest BCUT2D eigenvalue weighted by Crippen LogP contribution is -2.42. The summed E-state index contributed by atoms with van der Waals surface area (Å²) in [5.74, 6) is 0.720. The number of likely N-dealkylation sites (N-methyl/N-ethyl adjacent to an activating group) is 1. The molecule has 6 rings (SSSR count). The highest BCUT2D eigenvalue weighted by Gasteiger charge is 2.47. The Hall–Kier alpha value is -3.68. The maximum atomic E-state index is 13.5. The van der Waals surface area contributed by atoms with E-state index in [1.165, 1.54) is 0 Å². The molecule has 0 radical (unpaired) electrons. The molecule has 2 aromatic carbocycles. The van der Waals surface area contributed by atoms with Crippen molar-refractivity contribution in [2.24, 2.45) is 5.41 Å². The molecule has 0 unspecified atom stereocenters. The summed E-state index contributed by atoms with van der Waals surface area (Å²) in [6.45, 7) is 3.23. The number of anilines is 1. The van der Waals surface area contributed by atoms with Crippen LogP contribution in [0.1, 0.15) is 19.3 Å². The quantitative estimate of drug-likeness (QED) is 0.479. The topological polar surface area (TPSA) is 73.4 Å². The summed E-state index contributed by atoms with van der Waals surface area (Å²) in [5, 5.41) is 7.26. The summed E-state index contributed by atoms with van der Waals surface area (Å²) in [6.07, 6.45) is 8.46. The number of rotatable bonds is 5. The number of carbonyl (C=O) groups is 1. The molecule has 38 heavy (non-hydrogen) atoms. The minimum Gasteiger partial charge on any atom is -0.373 e. The predicted octanol–water partition coefficient (Wildman–Crippen LogP) is 5.15. The van der Waals surface area contributed by atoms with E-state index in [9.17, 15) is 4.79 Å². The van der Waals surface area contributed by atoms with E-state index in [0.717, 1.165) is 67.0 Å². The third kappa shape index (κ3) is 4.79. The van der Waals surface area contributed by atoms with E-state index in [0.29, 0.717) is 23.2 Å². The third-order valence-electron chi connectivity index (χ3n) is 7.74. The summed E-state index contributed by atoms with van der Waals surface area (Å²) in [4.78, 5) is 26.7. The first kappa shape index (κ1) is 24.6. The van der Waals surface area contributed by atoms with Crippen molar-refractivity contribution in [1.82, 2.24) is 25.1 Å². The number of hydrogen-bond acceptors (Lipinski definition) is 6. The van der Waals surface area contributed by atoms with Crippen LogP contribution in [-0.2, 0) is 4.79 Å². The van der Waals surface area contributed by atoms with Crippen molar-refractivity contribution in [1.29, 1.82) is 0 Å². The van der Waals surface area contributed by atoms with Crippen LogP contribution in [0.4, 0.5) is 5.95 Å². The first-order valence-corrected chi connectivity index (χ1v) is 13.5. The Labute approximate surface area is 228 Å². The fourth-order valence-corrected chi connectivity index (χ4v) is 5.91. The van der Waals surface area contributed by atoms with Gasteiger partial charge in [0.1, 0.15) is 0 Å². The lowest BCUT2D eigenvalue weighted by Gasteiger charge is -2.33. The Morgan fingerprint density at radius 2 is 1.76 bits per heavy atom. The van der Waals surface area contributed by atoms with Crippen LogP contribution in [0.2, 0.25) is 5.02 Å². The van der Waals surface area contributed by atoms with Gasteiger partial charge in [0.05, 0.1) is 34.6 Å². The molecule has 3 aliphatic rings. The average molecular weight is 527 g/mol. The molecule has 3 aliphatic heterocycles. The lowest BCUT2D eigenvalue weighted by atomic mass is 9.77. The normalized spacial score (nSPS) is 18.9. The van der Waals surface area contributed by atoms with Gasteiger partial charge in [-0.1, -0.05) is 60.1 Å². The largest absolute Gasteiger partial charge is 0.373 e. The summed E-state index contributed by atoms with van der Waals surface area (Å²) in [7, 11) is 2.01. The zero-order valence-corrected chi connectivity index (χ0v) is 22.2. The van der Waals surface area contributed by atoms with Crippen molar-refractivity contribution in [3.8, 4) is 22.4 Å². The molecule has 2 saturated heterocycles. The Balaban J connectivity index is 1.24. The summed E-state index contributed by atoms with van der Waals surface area (Å²) < 4.78 is 0. The highest BCUT2D eigenvalue weighted by Crippen LogP contribution is 2.42. The van der Waals surface area contributed by atoms with Crippen LogP contribution in [0, 0.1) is 5.41 Å². The molecule has 3 aromatic rings. The van der Waals surface area contributed by atoms with Gasteiger partial charge >= 0.3 is 0 Å². The van der Waals surface area contributed by atoms with E-state index in [2.05, 4.69) is 44.8 Å². The lowest BCUT2D eigenvalue weighted by molar-refractivity contribution is -0.135. The molecule has 8 heteroatoms. The molecular formula is C30H31ClN6O. The van der Waals surface area contributed by atoms with Crippen LogP contribution in [0.25, 0.3) is 22.4 Å². The van der Waals surface area contributed by atoms with Gasteiger partial charge in [0.2, 0.25) is 11.9 Å². The molecule has 7 nitrogen and oxygen atoms in total. The molecule has 0 atom stereocenters. The van der Waals surface area contributed by atoms with E-state index in [1.54, 1.807) is 6.20 Å². The third-order valence-corrected chi connectivity index (χ3v) is 8.02. The summed E-state index contributed by atoms with van der Waals surface area (Å²) in [5.41, 5.74) is 5.45. The monoisotopic (exact) mass is 526 g/mol. The number of halogens is 1. The number of nitrogens with one attached hydrogen (secondary N) is 2. The summed E-state index contributed by atoms with van der Waals surface area (Å²) in [6, 6.07) is 18.4. The second-order valence-corrected chi connectivity index (χ2v) is 10.7. The van der Waals surface area contributed by atoms with Gasteiger partial charge in [-0.2, -0.15) is 0 Å². The first-order chi connectivity index (χ1) is 18.5. The van der Waals surface area contributed by atoms with Gasteiger partial charge < -0.3 is 20.4 Å². The van der Waals surface area contributed by atoms with Crippen molar-refractivity contribution in [3.63, 3.8) is 0 Å². The van der Waals surface area contributed by atoms with Gasteiger partial charge in [0.25, 0.3) is 0 Å². The van der Waals surface area contributed by atoms with Crippen LogP contribution in [0.5, 0.6) is 0 Å². The smallest absolute Gasteiger partial charge is 0.233 e. The van der Waals surface area contributed by atoms with Gasteiger partial charge in [-0.05, 0) is 55.6 Å². The number of hydrogen-bond donors (Lipinski definition) is 2. The van der Waals surface area contributed by atoms with E-state index >= 15 is 0 Å². The van der Waals surface area contributed by atoms with Crippen LogP contribution in [0.15, 0.2) is 84.5 Å². The standard InChI is InChI=1S/C30H31ClN6O/c1-36-19-24(17-25(20-36)37-15-12-30(28(37)38)10-13-32-14-11-30)34-29-33-18-26(31)27(35-29)23-9-5-8-22(16-23)21-6-3-2-4-7-21/h2-9,16-18,20,32H,10-15,19H2,1H3,(H,33,34,35). The molecule has 1 amide bonds. The van der Waals surface area contributed by atoms with E-state index in [-0.39, 0.29) is 11.3 Å². The number of allylic oxidation sites excluding steroid dienone is 1. The Morgan fingerprint density at radius 1 is 1.00 bits per heavy atom. The maximum absolute atomic E-state index is 13.5. The van der Waals surface area contributed by atoms with Gasteiger partial charge in [-0.3, -0.25) is 4.79 Å².